The van der Waals surface area contributed by atoms with Crippen LogP contribution in [0, 0.1) is 28.6 Å². The van der Waals surface area contributed by atoms with Crippen molar-refractivity contribution < 1.29 is 10.2 Å². The molecule has 0 aromatic heterocycles. The monoisotopic (exact) mass is 304 g/mol. The fraction of sp³-hybridized carbons (Fsp3) is 0.900. The lowest BCUT2D eigenvalue weighted by Crippen LogP contribution is -2.54. The number of hydrogen-bond donors (Lipinski definition) is 2. The lowest BCUT2D eigenvalue weighted by Gasteiger charge is -2.59. The maximum Gasteiger partial charge on any atom is 0.0724 e. The van der Waals surface area contributed by atoms with Crippen molar-refractivity contribution in [1.82, 2.24) is 0 Å². The van der Waals surface area contributed by atoms with Crippen LogP contribution >= 0.6 is 0 Å². The summed E-state index contributed by atoms with van der Waals surface area (Å²) in [5, 5.41) is 20.9. The Labute approximate surface area is 135 Å². The minimum absolute atomic E-state index is 0.125. The van der Waals surface area contributed by atoms with Gasteiger partial charge in [0.2, 0.25) is 0 Å². The van der Waals surface area contributed by atoms with Crippen molar-refractivity contribution >= 4 is 0 Å². The fourth-order valence-corrected chi connectivity index (χ4v) is 6.95. The van der Waals surface area contributed by atoms with Gasteiger partial charge in [-0.05, 0) is 86.9 Å². The first-order chi connectivity index (χ1) is 10.3. The lowest BCUT2D eigenvalue weighted by atomic mass is 9.46. The average molecular weight is 304 g/mol. The summed E-state index contributed by atoms with van der Waals surface area (Å²) in [6.45, 7) is 6.91. The summed E-state index contributed by atoms with van der Waals surface area (Å²) < 4.78 is 0. The molecule has 0 aromatic carbocycles. The molecule has 1 unspecified atom stereocenters. The number of aliphatic hydroxyl groups is 2. The van der Waals surface area contributed by atoms with Gasteiger partial charge in [0.1, 0.15) is 0 Å². The molecule has 2 nitrogen and oxygen atoms in total. The van der Waals surface area contributed by atoms with Crippen LogP contribution in [0.1, 0.15) is 72.1 Å². The summed E-state index contributed by atoms with van der Waals surface area (Å²) in [6.07, 6.45) is 11.1. The van der Waals surface area contributed by atoms with E-state index >= 15 is 0 Å². The van der Waals surface area contributed by atoms with E-state index < -0.39 is 5.60 Å². The van der Waals surface area contributed by atoms with Crippen LogP contribution in [0.25, 0.3) is 0 Å². The normalized spacial score (nSPS) is 57.6. The predicted octanol–water partition coefficient (Wildman–Crippen LogP) is 4.06. The average Bonchev–Trinajstić information content (AvgIpc) is 2.70. The van der Waals surface area contributed by atoms with Gasteiger partial charge in [0, 0.05) is 0 Å². The molecule has 2 heteroatoms. The number of hydrogen-bond acceptors (Lipinski definition) is 2. The van der Waals surface area contributed by atoms with E-state index in [1.54, 1.807) is 5.57 Å². The third kappa shape index (κ3) is 1.80. The lowest BCUT2D eigenvalue weighted by molar-refractivity contribution is -0.118. The molecule has 3 fully saturated rings. The van der Waals surface area contributed by atoms with Crippen LogP contribution < -0.4 is 0 Å². The Kier molecular flexibility index (Phi) is 3.18. The molecule has 0 spiro atoms. The van der Waals surface area contributed by atoms with Crippen molar-refractivity contribution in [1.29, 1.82) is 0 Å². The quantitative estimate of drug-likeness (QED) is 0.663. The van der Waals surface area contributed by atoms with E-state index in [4.69, 9.17) is 0 Å². The highest BCUT2D eigenvalue weighted by Crippen LogP contribution is 2.67. The van der Waals surface area contributed by atoms with Gasteiger partial charge in [-0.3, -0.25) is 0 Å². The molecule has 0 bridgehead atoms. The van der Waals surface area contributed by atoms with Crippen LogP contribution in [0.2, 0.25) is 0 Å². The Bertz CT molecular complexity index is 508. The number of fused-ring (bicyclic) bond motifs is 5. The smallest absolute Gasteiger partial charge is 0.0724 e. The summed E-state index contributed by atoms with van der Waals surface area (Å²) in [5.41, 5.74) is 1.51. The second-order valence-electron chi connectivity index (χ2n) is 9.40. The summed E-state index contributed by atoms with van der Waals surface area (Å²) >= 11 is 0. The van der Waals surface area contributed by atoms with E-state index in [9.17, 15) is 10.2 Å². The van der Waals surface area contributed by atoms with E-state index in [2.05, 4.69) is 26.8 Å². The zero-order chi connectivity index (χ0) is 15.8. The molecule has 3 saturated carbocycles. The molecule has 0 aliphatic heterocycles. The second-order valence-corrected chi connectivity index (χ2v) is 9.40. The minimum Gasteiger partial charge on any atom is -0.390 e. The third-order valence-electron chi connectivity index (χ3n) is 8.65. The SMILES string of the molecule is C[C@]12CCC(O)C=C1CC[C@@H]1[C@@H]2CC[C@@]2(C)[C@H]1CC[C@@]2(C)O. The topological polar surface area (TPSA) is 40.5 Å². The molecule has 2 N–H and O–H groups in total. The van der Waals surface area contributed by atoms with Crippen LogP contribution in [-0.4, -0.2) is 21.9 Å². The first-order valence-corrected chi connectivity index (χ1v) is 9.40. The van der Waals surface area contributed by atoms with Crippen molar-refractivity contribution in [2.45, 2.75) is 83.8 Å². The Balaban J connectivity index is 1.68. The van der Waals surface area contributed by atoms with Gasteiger partial charge in [0.05, 0.1) is 11.7 Å². The zero-order valence-corrected chi connectivity index (χ0v) is 14.4. The molecule has 22 heavy (non-hydrogen) atoms. The Hall–Kier alpha value is -0.340. The van der Waals surface area contributed by atoms with Crippen LogP contribution in [0.4, 0.5) is 0 Å². The molecule has 4 rings (SSSR count). The Morgan fingerprint density at radius 2 is 1.68 bits per heavy atom. The molecule has 0 radical (unpaired) electrons. The largest absolute Gasteiger partial charge is 0.390 e. The Morgan fingerprint density at radius 1 is 0.955 bits per heavy atom. The molecule has 124 valence electrons. The number of allylic oxidation sites excluding steroid dienone is 1. The van der Waals surface area contributed by atoms with Gasteiger partial charge in [0.25, 0.3) is 0 Å². The van der Waals surface area contributed by atoms with Gasteiger partial charge in [0.15, 0.2) is 0 Å². The molecule has 0 saturated heterocycles. The van der Waals surface area contributed by atoms with E-state index in [0.717, 1.165) is 31.1 Å². The van der Waals surface area contributed by atoms with E-state index in [0.29, 0.717) is 11.3 Å². The van der Waals surface area contributed by atoms with Gasteiger partial charge in [-0.1, -0.05) is 25.5 Å². The van der Waals surface area contributed by atoms with Crippen LogP contribution in [0.15, 0.2) is 11.6 Å². The second kappa shape index (κ2) is 4.60. The summed E-state index contributed by atoms with van der Waals surface area (Å²) in [6, 6.07) is 0. The van der Waals surface area contributed by atoms with Gasteiger partial charge in [-0.15, -0.1) is 0 Å². The molecule has 7 atom stereocenters. The first-order valence-electron chi connectivity index (χ1n) is 9.40. The standard InChI is InChI=1S/C20H32O2/c1-18-9-6-14(21)12-13(18)4-5-15-16(18)7-10-19(2)17(15)8-11-20(19,3)22/h12,14-17,21-22H,4-11H2,1-3H3/t14?,15-,16+,17+,18+,19+,20-/m1/s1. The number of rotatable bonds is 0. The van der Waals surface area contributed by atoms with E-state index in [1.807, 2.05) is 0 Å². The van der Waals surface area contributed by atoms with Gasteiger partial charge in [-0.25, -0.2) is 0 Å². The summed E-state index contributed by atoms with van der Waals surface area (Å²) in [4.78, 5) is 0. The molecular weight excluding hydrogens is 272 g/mol. The first kappa shape index (κ1) is 15.2. The third-order valence-corrected chi connectivity index (χ3v) is 8.65. The highest BCUT2D eigenvalue weighted by Gasteiger charge is 2.62. The van der Waals surface area contributed by atoms with E-state index in [1.165, 1.54) is 32.1 Å². The fourth-order valence-electron chi connectivity index (χ4n) is 6.95. The highest BCUT2D eigenvalue weighted by atomic mass is 16.3. The van der Waals surface area contributed by atoms with Gasteiger partial charge in [-0.2, -0.15) is 0 Å². The van der Waals surface area contributed by atoms with Crippen molar-refractivity contribution in [3.63, 3.8) is 0 Å². The molecule has 4 aliphatic carbocycles. The molecular formula is C20H32O2. The summed E-state index contributed by atoms with van der Waals surface area (Å²) in [7, 11) is 0. The van der Waals surface area contributed by atoms with Crippen molar-refractivity contribution in [3.8, 4) is 0 Å². The van der Waals surface area contributed by atoms with Crippen LogP contribution in [0.5, 0.6) is 0 Å². The summed E-state index contributed by atoms with van der Waals surface area (Å²) in [5.74, 6) is 2.25. The van der Waals surface area contributed by atoms with Gasteiger partial charge >= 0.3 is 0 Å². The molecule has 0 aromatic rings. The van der Waals surface area contributed by atoms with Crippen molar-refractivity contribution in [2.24, 2.45) is 28.6 Å². The zero-order valence-electron chi connectivity index (χ0n) is 14.4. The molecule has 4 aliphatic rings. The molecule has 0 heterocycles. The minimum atomic E-state index is -0.470. The Morgan fingerprint density at radius 3 is 2.45 bits per heavy atom. The van der Waals surface area contributed by atoms with Gasteiger partial charge < -0.3 is 10.2 Å². The maximum absolute atomic E-state index is 10.9. The maximum atomic E-state index is 10.9. The highest BCUT2D eigenvalue weighted by molar-refractivity contribution is 5.26. The molecule has 0 amide bonds. The van der Waals surface area contributed by atoms with Crippen LogP contribution in [0.3, 0.4) is 0 Å². The van der Waals surface area contributed by atoms with Crippen molar-refractivity contribution in [3.05, 3.63) is 11.6 Å². The van der Waals surface area contributed by atoms with Crippen molar-refractivity contribution in [2.75, 3.05) is 0 Å². The van der Waals surface area contributed by atoms with E-state index in [-0.39, 0.29) is 11.5 Å². The van der Waals surface area contributed by atoms with Crippen LogP contribution in [-0.2, 0) is 0 Å². The predicted molar refractivity (Wildman–Crippen MR) is 88.3 cm³/mol. The number of aliphatic hydroxyl groups excluding tert-OH is 1.